The Morgan fingerprint density at radius 2 is 1.88 bits per heavy atom. The molecule has 0 fully saturated rings. The normalized spacial score (nSPS) is 10.4. The average molecular weight is 279 g/mol. The zero-order valence-corrected chi connectivity index (χ0v) is 10.5. The molecular formula is C13H11BrO2. The number of esters is 1. The molecule has 0 saturated carbocycles. The number of fused-ring (bicyclic) bond motifs is 1. The summed E-state index contributed by atoms with van der Waals surface area (Å²) in [6.45, 7) is 0. The molecule has 82 valence electrons. The van der Waals surface area contributed by atoms with Crippen LogP contribution in [0, 0.1) is 0 Å². The van der Waals surface area contributed by atoms with Gasteiger partial charge in [-0.3, -0.25) is 4.79 Å². The number of methoxy groups -OCH3 is 1. The zero-order valence-electron chi connectivity index (χ0n) is 8.87. The minimum Gasteiger partial charge on any atom is -0.469 e. The second kappa shape index (κ2) is 4.66. The van der Waals surface area contributed by atoms with Crippen LogP contribution in [-0.2, 0) is 16.0 Å². The quantitative estimate of drug-likeness (QED) is 0.788. The van der Waals surface area contributed by atoms with Crippen LogP contribution >= 0.6 is 15.9 Å². The van der Waals surface area contributed by atoms with Gasteiger partial charge in [0.25, 0.3) is 0 Å². The molecule has 16 heavy (non-hydrogen) atoms. The van der Waals surface area contributed by atoms with Crippen molar-refractivity contribution in [2.75, 3.05) is 7.11 Å². The number of carbonyl (C=O) groups excluding carboxylic acids is 1. The van der Waals surface area contributed by atoms with E-state index in [1.807, 2.05) is 36.4 Å². The van der Waals surface area contributed by atoms with Gasteiger partial charge in [-0.05, 0) is 28.5 Å². The van der Waals surface area contributed by atoms with Gasteiger partial charge in [-0.25, -0.2) is 0 Å². The molecule has 0 unspecified atom stereocenters. The first-order chi connectivity index (χ1) is 7.70. The van der Waals surface area contributed by atoms with E-state index in [1.165, 1.54) is 7.11 Å². The molecule has 0 aliphatic carbocycles. The summed E-state index contributed by atoms with van der Waals surface area (Å²) in [6.07, 6.45) is 0.294. The maximum absolute atomic E-state index is 11.2. The van der Waals surface area contributed by atoms with Crippen LogP contribution in [0.5, 0.6) is 0 Å². The summed E-state index contributed by atoms with van der Waals surface area (Å²) in [5, 5.41) is 2.28. The van der Waals surface area contributed by atoms with Crippen LogP contribution in [0.4, 0.5) is 0 Å². The van der Waals surface area contributed by atoms with E-state index in [1.54, 1.807) is 0 Å². The Kier molecular flexibility index (Phi) is 3.25. The molecule has 0 aliphatic rings. The van der Waals surface area contributed by atoms with Crippen molar-refractivity contribution in [1.29, 1.82) is 0 Å². The van der Waals surface area contributed by atoms with Crippen molar-refractivity contribution >= 4 is 32.7 Å². The lowest BCUT2D eigenvalue weighted by molar-refractivity contribution is -0.139. The Balaban J connectivity index is 2.46. The van der Waals surface area contributed by atoms with E-state index in [9.17, 15) is 4.79 Å². The van der Waals surface area contributed by atoms with Gasteiger partial charge in [0.05, 0.1) is 13.5 Å². The molecule has 2 nitrogen and oxygen atoms in total. The molecule has 0 saturated heterocycles. The van der Waals surface area contributed by atoms with E-state index in [0.29, 0.717) is 6.42 Å². The molecule has 0 aromatic heterocycles. The lowest BCUT2D eigenvalue weighted by Gasteiger charge is -2.05. The summed E-state index contributed by atoms with van der Waals surface area (Å²) in [4.78, 5) is 11.2. The summed E-state index contributed by atoms with van der Waals surface area (Å²) < 4.78 is 5.60. The first-order valence-corrected chi connectivity index (χ1v) is 5.74. The highest BCUT2D eigenvalue weighted by Gasteiger charge is 2.07. The monoisotopic (exact) mass is 278 g/mol. The largest absolute Gasteiger partial charge is 0.469 e. The summed E-state index contributed by atoms with van der Waals surface area (Å²) in [7, 11) is 1.40. The number of hydrogen-bond acceptors (Lipinski definition) is 2. The fourth-order valence-electron chi connectivity index (χ4n) is 1.62. The third-order valence-corrected chi connectivity index (χ3v) is 3.22. The molecule has 0 N–H and O–H groups in total. The Labute approximate surface area is 102 Å². The van der Waals surface area contributed by atoms with Crippen molar-refractivity contribution < 1.29 is 9.53 Å². The second-order valence-electron chi connectivity index (χ2n) is 3.54. The van der Waals surface area contributed by atoms with Crippen molar-refractivity contribution in [2.24, 2.45) is 0 Å². The van der Waals surface area contributed by atoms with Gasteiger partial charge in [-0.15, -0.1) is 0 Å². The highest BCUT2D eigenvalue weighted by Crippen LogP contribution is 2.24. The molecule has 0 spiro atoms. The predicted octanol–water partition coefficient (Wildman–Crippen LogP) is 3.32. The van der Waals surface area contributed by atoms with Crippen LogP contribution in [0.25, 0.3) is 10.8 Å². The third-order valence-electron chi connectivity index (χ3n) is 2.48. The second-order valence-corrected chi connectivity index (χ2v) is 4.40. The van der Waals surface area contributed by atoms with E-state index in [2.05, 4.69) is 20.7 Å². The summed E-state index contributed by atoms with van der Waals surface area (Å²) in [5.41, 5.74) is 0.950. The van der Waals surface area contributed by atoms with Crippen LogP contribution in [-0.4, -0.2) is 13.1 Å². The van der Waals surface area contributed by atoms with Crippen LogP contribution in [0.1, 0.15) is 5.56 Å². The number of hydrogen-bond donors (Lipinski definition) is 0. The molecule has 0 aliphatic heterocycles. The highest BCUT2D eigenvalue weighted by molar-refractivity contribution is 9.10. The molecule has 0 heterocycles. The van der Waals surface area contributed by atoms with Gasteiger partial charge in [-0.1, -0.05) is 40.2 Å². The Bertz CT molecular complexity index is 534. The minimum absolute atomic E-state index is 0.226. The van der Waals surface area contributed by atoms with Crippen molar-refractivity contribution in [3.8, 4) is 0 Å². The van der Waals surface area contributed by atoms with Crippen molar-refractivity contribution in [3.63, 3.8) is 0 Å². The SMILES string of the molecule is COC(=O)Cc1cc2ccccc2cc1Br. The van der Waals surface area contributed by atoms with Gasteiger partial charge in [0.1, 0.15) is 0 Å². The Hall–Kier alpha value is -1.35. The molecule has 2 aromatic rings. The number of rotatable bonds is 2. The van der Waals surface area contributed by atoms with E-state index in [-0.39, 0.29) is 5.97 Å². The van der Waals surface area contributed by atoms with Gasteiger partial charge < -0.3 is 4.74 Å². The third kappa shape index (κ3) is 2.25. The molecule has 2 aromatic carbocycles. The maximum Gasteiger partial charge on any atom is 0.310 e. The summed E-state index contributed by atoms with van der Waals surface area (Å²) in [5.74, 6) is -0.226. The van der Waals surface area contributed by atoms with Gasteiger partial charge in [0, 0.05) is 4.47 Å². The number of carbonyl (C=O) groups is 1. The first kappa shape index (κ1) is 11.1. The van der Waals surface area contributed by atoms with Crippen LogP contribution in [0.15, 0.2) is 40.9 Å². The van der Waals surface area contributed by atoms with Gasteiger partial charge in [0.2, 0.25) is 0 Å². The van der Waals surface area contributed by atoms with Gasteiger partial charge >= 0.3 is 5.97 Å². The summed E-state index contributed by atoms with van der Waals surface area (Å²) in [6, 6.07) is 12.1. The molecule has 2 rings (SSSR count). The minimum atomic E-state index is -0.226. The topological polar surface area (TPSA) is 26.3 Å². The van der Waals surface area contributed by atoms with E-state index >= 15 is 0 Å². The standard InChI is InChI=1S/C13H11BrO2/c1-16-13(15)8-11-6-9-4-2-3-5-10(9)7-12(11)14/h2-7H,8H2,1H3. The average Bonchev–Trinajstić information content (AvgIpc) is 2.30. The van der Waals surface area contributed by atoms with Gasteiger partial charge in [-0.2, -0.15) is 0 Å². The van der Waals surface area contributed by atoms with E-state index in [0.717, 1.165) is 20.8 Å². The number of benzene rings is 2. The van der Waals surface area contributed by atoms with Gasteiger partial charge in [0.15, 0.2) is 0 Å². The molecule has 0 atom stereocenters. The lowest BCUT2D eigenvalue weighted by Crippen LogP contribution is -2.04. The summed E-state index contributed by atoms with van der Waals surface area (Å²) >= 11 is 3.47. The van der Waals surface area contributed by atoms with Crippen molar-refractivity contribution in [1.82, 2.24) is 0 Å². The highest BCUT2D eigenvalue weighted by atomic mass is 79.9. The molecule has 0 bridgehead atoms. The van der Waals surface area contributed by atoms with E-state index < -0.39 is 0 Å². The van der Waals surface area contributed by atoms with E-state index in [4.69, 9.17) is 0 Å². The molecular weight excluding hydrogens is 268 g/mol. The molecule has 3 heteroatoms. The zero-order chi connectivity index (χ0) is 11.5. The van der Waals surface area contributed by atoms with Crippen molar-refractivity contribution in [2.45, 2.75) is 6.42 Å². The van der Waals surface area contributed by atoms with Crippen LogP contribution < -0.4 is 0 Å². The Morgan fingerprint density at radius 1 is 1.25 bits per heavy atom. The maximum atomic E-state index is 11.2. The fraction of sp³-hybridized carbons (Fsp3) is 0.154. The predicted molar refractivity (Wildman–Crippen MR) is 67.4 cm³/mol. The lowest BCUT2D eigenvalue weighted by atomic mass is 10.1. The first-order valence-electron chi connectivity index (χ1n) is 4.94. The number of ether oxygens (including phenoxy) is 1. The fourth-order valence-corrected chi connectivity index (χ4v) is 2.12. The van der Waals surface area contributed by atoms with Crippen LogP contribution in [0.2, 0.25) is 0 Å². The Morgan fingerprint density at radius 3 is 2.50 bits per heavy atom. The number of halogens is 1. The molecule has 0 radical (unpaired) electrons. The van der Waals surface area contributed by atoms with Crippen LogP contribution in [0.3, 0.4) is 0 Å². The smallest absolute Gasteiger partial charge is 0.310 e. The van der Waals surface area contributed by atoms with Crippen molar-refractivity contribution in [3.05, 3.63) is 46.4 Å². The molecule has 0 amide bonds.